The van der Waals surface area contributed by atoms with Crippen LogP contribution in [0.1, 0.15) is 45.2 Å². The summed E-state index contributed by atoms with van der Waals surface area (Å²) in [5, 5.41) is 0. The Labute approximate surface area is 105 Å². The second kappa shape index (κ2) is 5.81. The van der Waals surface area contributed by atoms with Crippen molar-refractivity contribution in [2.24, 2.45) is 0 Å². The number of aryl methyl sites for hydroxylation is 1. The summed E-state index contributed by atoms with van der Waals surface area (Å²) in [6, 6.07) is 8.77. The maximum absolute atomic E-state index is 10.4. The first kappa shape index (κ1) is 13.7. The Morgan fingerprint density at radius 3 is 2.24 bits per heavy atom. The molecule has 0 atom stereocenters. The van der Waals surface area contributed by atoms with Crippen molar-refractivity contribution in [3.63, 3.8) is 0 Å². The third-order valence-corrected chi connectivity index (χ3v) is 2.91. The van der Waals surface area contributed by atoms with Crippen molar-refractivity contribution >= 4 is 6.29 Å². The van der Waals surface area contributed by atoms with E-state index >= 15 is 0 Å². The third-order valence-electron chi connectivity index (χ3n) is 2.91. The van der Waals surface area contributed by atoms with Gasteiger partial charge in [-0.25, -0.2) is 0 Å². The van der Waals surface area contributed by atoms with Crippen molar-refractivity contribution in [3.05, 3.63) is 47.0 Å². The minimum atomic E-state index is 0.215. The van der Waals surface area contributed by atoms with E-state index in [1.54, 1.807) is 0 Å². The molecule has 0 spiro atoms. The number of aldehydes is 1. The first-order valence-corrected chi connectivity index (χ1v) is 6.15. The number of carbonyl (C=O) groups is 1. The van der Waals surface area contributed by atoms with Crippen LogP contribution in [0.3, 0.4) is 0 Å². The SMILES string of the molecule is C/C(C=O)=C\CCc1ccc(C(C)(C)C)cc1. The Hall–Kier alpha value is -1.37. The molecule has 0 fully saturated rings. The molecule has 0 saturated heterocycles. The Kier molecular flexibility index (Phi) is 4.68. The Bertz CT molecular complexity index is 391. The third kappa shape index (κ3) is 4.56. The van der Waals surface area contributed by atoms with Crippen molar-refractivity contribution in [2.45, 2.75) is 46.0 Å². The second-order valence-electron chi connectivity index (χ2n) is 5.55. The lowest BCUT2D eigenvalue weighted by Crippen LogP contribution is -2.10. The van der Waals surface area contributed by atoms with Crippen molar-refractivity contribution in [2.75, 3.05) is 0 Å². The van der Waals surface area contributed by atoms with Gasteiger partial charge in [-0.3, -0.25) is 4.79 Å². The van der Waals surface area contributed by atoms with E-state index in [2.05, 4.69) is 45.0 Å². The molecule has 0 radical (unpaired) electrons. The molecule has 0 saturated carbocycles. The molecule has 0 heterocycles. The summed E-state index contributed by atoms with van der Waals surface area (Å²) >= 11 is 0. The first-order chi connectivity index (χ1) is 7.93. The van der Waals surface area contributed by atoms with E-state index < -0.39 is 0 Å². The zero-order chi connectivity index (χ0) is 12.9. The van der Waals surface area contributed by atoms with Gasteiger partial charge in [0.05, 0.1) is 0 Å². The van der Waals surface area contributed by atoms with Crippen LogP contribution in [0.5, 0.6) is 0 Å². The van der Waals surface area contributed by atoms with Crippen LogP contribution in [0.4, 0.5) is 0 Å². The summed E-state index contributed by atoms with van der Waals surface area (Å²) in [4.78, 5) is 10.4. The van der Waals surface area contributed by atoms with Gasteiger partial charge in [-0.2, -0.15) is 0 Å². The van der Waals surface area contributed by atoms with Crippen LogP contribution in [-0.4, -0.2) is 6.29 Å². The zero-order valence-corrected chi connectivity index (χ0v) is 11.3. The van der Waals surface area contributed by atoms with E-state index in [0.29, 0.717) is 0 Å². The maximum Gasteiger partial charge on any atom is 0.145 e. The molecular formula is C16H22O. The molecule has 1 aromatic carbocycles. The Balaban J connectivity index is 2.60. The summed E-state index contributed by atoms with van der Waals surface area (Å²) in [7, 11) is 0. The van der Waals surface area contributed by atoms with E-state index in [4.69, 9.17) is 0 Å². The normalized spacial score (nSPS) is 12.6. The number of hydrogen-bond donors (Lipinski definition) is 0. The van der Waals surface area contributed by atoms with Crippen molar-refractivity contribution in [1.82, 2.24) is 0 Å². The van der Waals surface area contributed by atoms with Gasteiger partial charge >= 0.3 is 0 Å². The van der Waals surface area contributed by atoms with Crippen molar-refractivity contribution < 1.29 is 4.79 Å². The molecule has 0 unspecified atom stereocenters. The molecule has 92 valence electrons. The molecule has 17 heavy (non-hydrogen) atoms. The van der Waals surface area contributed by atoms with Gasteiger partial charge in [-0.1, -0.05) is 51.1 Å². The van der Waals surface area contributed by atoms with Gasteiger partial charge in [0.25, 0.3) is 0 Å². The van der Waals surface area contributed by atoms with Crippen LogP contribution in [0.25, 0.3) is 0 Å². The van der Waals surface area contributed by atoms with Crippen LogP contribution in [0.2, 0.25) is 0 Å². The quantitative estimate of drug-likeness (QED) is 0.563. The van der Waals surface area contributed by atoms with Crippen molar-refractivity contribution in [3.8, 4) is 0 Å². The summed E-state index contributed by atoms with van der Waals surface area (Å²) in [5.41, 5.74) is 3.72. The zero-order valence-electron chi connectivity index (χ0n) is 11.3. The van der Waals surface area contributed by atoms with Gasteiger partial charge in [-0.15, -0.1) is 0 Å². The fourth-order valence-electron chi connectivity index (χ4n) is 1.69. The van der Waals surface area contributed by atoms with Crippen molar-refractivity contribution in [1.29, 1.82) is 0 Å². The minimum Gasteiger partial charge on any atom is -0.298 e. The van der Waals surface area contributed by atoms with Crippen LogP contribution in [-0.2, 0) is 16.6 Å². The number of rotatable bonds is 4. The van der Waals surface area contributed by atoms with E-state index in [1.165, 1.54) is 11.1 Å². The van der Waals surface area contributed by atoms with Gasteiger partial charge < -0.3 is 0 Å². The molecule has 0 aromatic heterocycles. The van der Waals surface area contributed by atoms with Crippen LogP contribution in [0.15, 0.2) is 35.9 Å². The highest BCUT2D eigenvalue weighted by Gasteiger charge is 2.12. The van der Waals surface area contributed by atoms with E-state index in [1.807, 2.05) is 13.0 Å². The fraction of sp³-hybridized carbons (Fsp3) is 0.438. The number of hydrogen-bond acceptors (Lipinski definition) is 1. The summed E-state index contributed by atoms with van der Waals surface area (Å²) in [6.45, 7) is 8.50. The van der Waals surface area contributed by atoms with Crippen LogP contribution in [0, 0.1) is 0 Å². The topological polar surface area (TPSA) is 17.1 Å². The molecule has 0 bridgehead atoms. The molecule has 1 nitrogen and oxygen atoms in total. The molecule has 0 aliphatic heterocycles. The molecule has 0 amide bonds. The minimum absolute atomic E-state index is 0.215. The van der Waals surface area contributed by atoms with Gasteiger partial charge in [0.2, 0.25) is 0 Å². The molecule has 0 N–H and O–H groups in total. The average molecular weight is 230 g/mol. The molecular weight excluding hydrogens is 208 g/mol. The molecule has 1 rings (SSSR count). The smallest absolute Gasteiger partial charge is 0.145 e. The van der Waals surface area contributed by atoms with E-state index in [9.17, 15) is 4.79 Å². The number of carbonyl (C=O) groups excluding carboxylic acids is 1. The fourth-order valence-corrected chi connectivity index (χ4v) is 1.69. The second-order valence-corrected chi connectivity index (χ2v) is 5.55. The van der Waals surface area contributed by atoms with Gasteiger partial charge in [0.1, 0.15) is 6.29 Å². The van der Waals surface area contributed by atoms with E-state index in [-0.39, 0.29) is 5.41 Å². The van der Waals surface area contributed by atoms with Crippen LogP contribution < -0.4 is 0 Å². The van der Waals surface area contributed by atoms with Gasteiger partial charge in [-0.05, 0) is 41.9 Å². The van der Waals surface area contributed by atoms with Crippen LogP contribution >= 0.6 is 0 Å². The average Bonchev–Trinajstić information content (AvgIpc) is 2.28. The molecule has 0 aliphatic rings. The summed E-state index contributed by atoms with van der Waals surface area (Å²) < 4.78 is 0. The molecule has 0 aliphatic carbocycles. The highest BCUT2D eigenvalue weighted by atomic mass is 16.1. The predicted molar refractivity (Wildman–Crippen MR) is 73.3 cm³/mol. The number of allylic oxidation sites excluding steroid dienone is 2. The number of benzene rings is 1. The monoisotopic (exact) mass is 230 g/mol. The Morgan fingerprint density at radius 1 is 1.18 bits per heavy atom. The predicted octanol–water partition coefficient (Wildman–Crippen LogP) is 4.06. The Morgan fingerprint density at radius 2 is 1.76 bits per heavy atom. The van der Waals surface area contributed by atoms with E-state index in [0.717, 1.165) is 24.7 Å². The lowest BCUT2D eigenvalue weighted by atomic mass is 9.86. The van der Waals surface area contributed by atoms with Gasteiger partial charge in [0, 0.05) is 0 Å². The standard InChI is InChI=1S/C16H22O/c1-13(12-17)6-5-7-14-8-10-15(11-9-14)16(2,3)4/h6,8-12H,5,7H2,1-4H3/b13-6+. The lowest BCUT2D eigenvalue weighted by molar-refractivity contribution is -0.104. The van der Waals surface area contributed by atoms with Gasteiger partial charge in [0.15, 0.2) is 0 Å². The highest BCUT2D eigenvalue weighted by Crippen LogP contribution is 2.22. The summed E-state index contributed by atoms with van der Waals surface area (Å²) in [5.74, 6) is 0. The lowest BCUT2D eigenvalue weighted by Gasteiger charge is -2.19. The molecule has 1 aromatic rings. The molecule has 1 heteroatoms. The highest BCUT2D eigenvalue weighted by molar-refractivity contribution is 5.71. The summed E-state index contributed by atoms with van der Waals surface area (Å²) in [6.07, 6.45) is 4.82. The largest absolute Gasteiger partial charge is 0.298 e. The maximum atomic E-state index is 10.4. The first-order valence-electron chi connectivity index (χ1n) is 6.15.